The first-order valence-corrected chi connectivity index (χ1v) is 9.77. The third-order valence-electron chi connectivity index (χ3n) is 4.77. The van der Waals surface area contributed by atoms with Crippen molar-refractivity contribution in [2.45, 2.75) is 32.8 Å². The zero-order valence-electron chi connectivity index (χ0n) is 17.4. The summed E-state index contributed by atoms with van der Waals surface area (Å²) in [6.07, 6.45) is 1.38. The summed E-state index contributed by atoms with van der Waals surface area (Å²) in [5, 5.41) is 21.1. The number of carbonyl (C=O) groups excluding carboxylic acids is 1. The van der Waals surface area contributed by atoms with E-state index in [-0.39, 0.29) is 46.8 Å². The summed E-state index contributed by atoms with van der Waals surface area (Å²) in [5.41, 5.74) is -1.27. The number of halogens is 1. The average Bonchev–Trinajstić information content (AvgIpc) is 2.69. The Morgan fingerprint density at radius 3 is 2.61 bits per heavy atom. The van der Waals surface area contributed by atoms with Crippen LogP contribution in [0.25, 0.3) is 16.6 Å². The van der Waals surface area contributed by atoms with Gasteiger partial charge >= 0.3 is 17.3 Å². The summed E-state index contributed by atoms with van der Waals surface area (Å²) < 4.78 is 6.45. The first-order valence-electron chi connectivity index (χ1n) is 9.39. The second-order valence-electron chi connectivity index (χ2n) is 8.05. The van der Waals surface area contributed by atoms with E-state index < -0.39 is 27.9 Å². The highest BCUT2D eigenvalue weighted by Crippen LogP contribution is 2.34. The average molecular weight is 446 g/mol. The third-order valence-corrected chi connectivity index (χ3v) is 5.06. The molecule has 0 saturated heterocycles. The molecule has 0 N–H and O–H groups in total. The Kier molecular flexibility index (Phi) is 5.74. The van der Waals surface area contributed by atoms with E-state index in [1.807, 2.05) is 6.07 Å². The number of pyridine rings is 2. The summed E-state index contributed by atoms with van der Waals surface area (Å²) in [7, 11) is 1.38. The highest BCUT2D eigenvalue weighted by Gasteiger charge is 2.31. The normalized spacial score (nSPS) is 14.2. The summed E-state index contributed by atoms with van der Waals surface area (Å²) >= 11 is 6.07. The number of nitro groups is 1. The molecule has 0 unspecified atom stereocenters. The molecule has 0 fully saturated rings. The molecule has 162 valence electrons. The fraction of sp³-hybridized carbons (Fsp3) is 0.400. The van der Waals surface area contributed by atoms with E-state index >= 15 is 0 Å². The van der Waals surface area contributed by atoms with Crippen molar-refractivity contribution in [3.8, 4) is 6.07 Å². The van der Waals surface area contributed by atoms with Gasteiger partial charge < -0.3 is 14.2 Å². The van der Waals surface area contributed by atoms with Gasteiger partial charge in [-0.3, -0.25) is 14.9 Å². The van der Waals surface area contributed by atoms with Crippen molar-refractivity contribution in [2.75, 3.05) is 13.1 Å². The molecule has 2 aromatic heterocycles. The first-order chi connectivity index (χ1) is 14.4. The largest absolute Gasteiger partial charge is 0.444 e. The molecule has 0 aromatic carbocycles. The lowest BCUT2D eigenvalue weighted by Crippen LogP contribution is -2.39. The Morgan fingerprint density at radius 1 is 1.42 bits per heavy atom. The zero-order valence-corrected chi connectivity index (χ0v) is 18.2. The van der Waals surface area contributed by atoms with Crippen LogP contribution in [0.4, 0.5) is 10.5 Å². The molecule has 0 radical (unpaired) electrons. The summed E-state index contributed by atoms with van der Waals surface area (Å²) in [6, 6.07) is 3.25. The van der Waals surface area contributed by atoms with Crippen LogP contribution in [0.3, 0.4) is 0 Å². The zero-order chi connectivity index (χ0) is 23.1. The van der Waals surface area contributed by atoms with Gasteiger partial charge in [0.15, 0.2) is 5.69 Å². The number of amides is 1. The van der Waals surface area contributed by atoms with Gasteiger partial charge in [-0.2, -0.15) is 5.26 Å². The Hall–Kier alpha value is -3.45. The molecule has 10 nitrogen and oxygen atoms in total. The number of hydrogen-bond donors (Lipinski definition) is 0. The molecule has 31 heavy (non-hydrogen) atoms. The van der Waals surface area contributed by atoms with E-state index in [0.717, 1.165) is 4.57 Å². The minimum atomic E-state index is -0.814. The van der Waals surface area contributed by atoms with Crippen molar-refractivity contribution in [1.82, 2.24) is 14.5 Å². The van der Waals surface area contributed by atoms with Crippen molar-refractivity contribution in [3.63, 3.8) is 0 Å². The molecular formula is C20H20ClN5O5. The van der Waals surface area contributed by atoms with Gasteiger partial charge in [-0.05, 0) is 38.8 Å². The molecule has 0 spiro atoms. The van der Waals surface area contributed by atoms with Crippen molar-refractivity contribution < 1.29 is 14.5 Å². The maximum absolute atomic E-state index is 12.8. The van der Waals surface area contributed by atoms with E-state index in [9.17, 15) is 25.0 Å². The molecule has 0 bridgehead atoms. The van der Waals surface area contributed by atoms with Gasteiger partial charge in [-0.25, -0.2) is 9.78 Å². The van der Waals surface area contributed by atoms with Crippen molar-refractivity contribution in [3.05, 3.63) is 48.9 Å². The Labute approximate surface area is 182 Å². The van der Waals surface area contributed by atoms with Gasteiger partial charge in [0.2, 0.25) is 0 Å². The summed E-state index contributed by atoms with van der Waals surface area (Å²) in [4.78, 5) is 41.8. The lowest BCUT2D eigenvalue weighted by Gasteiger charge is -2.29. The van der Waals surface area contributed by atoms with Gasteiger partial charge in [0, 0.05) is 20.1 Å². The monoisotopic (exact) mass is 445 g/mol. The molecule has 1 aliphatic heterocycles. The van der Waals surface area contributed by atoms with Crippen LogP contribution in [-0.2, 0) is 11.8 Å². The number of aromatic nitrogens is 2. The first kappa shape index (κ1) is 22.2. The van der Waals surface area contributed by atoms with Crippen LogP contribution in [0.15, 0.2) is 16.9 Å². The lowest BCUT2D eigenvalue weighted by atomic mass is 9.96. The number of fused-ring (bicyclic) bond motifs is 1. The lowest BCUT2D eigenvalue weighted by molar-refractivity contribution is -0.386. The number of nitrogens with zero attached hydrogens (tertiary/aromatic N) is 5. The number of nitriles is 1. The Balaban J connectivity index is 2.18. The van der Waals surface area contributed by atoms with Crippen LogP contribution in [0.1, 0.15) is 38.4 Å². The number of rotatable bonds is 2. The highest BCUT2D eigenvalue weighted by atomic mass is 35.5. The molecule has 0 saturated carbocycles. The summed E-state index contributed by atoms with van der Waals surface area (Å²) in [5.74, 6) is 0. The predicted molar refractivity (Wildman–Crippen MR) is 114 cm³/mol. The van der Waals surface area contributed by atoms with Gasteiger partial charge in [0.05, 0.1) is 21.0 Å². The van der Waals surface area contributed by atoms with Crippen LogP contribution in [0.5, 0.6) is 0 Å². The molecule has 2 aromatic rings. The van der Waals surface area contributed by atoms with Crippen molar-refractivity contribution in [1.29, 1.82) is 5.26 Å². The molecule has 1 aliphatic rings. The minimum Gasteiger partial charge on any atom is -0.444 e. The fourth-order valence-corrected chi connectivity index (χ4v) is 3.53. The van der Waals surface area contributed by atoms with Gasteiger partial charge in [0.25, 0.3) is 0 Å². The van der Waals surface area contributed by atoms with Crippen molar-refractivity contribution in [2.24, 2.45) is 7.05 Å². The van der Waals surface area contributed by atoms with Crippen LogP contribution < -0.4 is 5.56 Å². The summed E-state index contributed by atoms with van der Waals surface area (Å²) in [6.45, 7) is 5.67. The molecular weight excluding hydrogens is 426 g/mol. The molecule has 1 amide bonds. The number of ether oxygens (including phenoxy) is 1. The number of aryl methyl sites for hydroxylation is 1. The van der Waals surface area contributed by atoms with E-state index in [1.165, 1.54) is 18.0 Å². The SMILES string of the molecule is Cn1c(=O)c([N+](=O)[O-])c(C2=CCN(C(=O)OC(C)(C)C)CC2)c2nc(C#N)c(Cl)cc21. The quantitative estimate of drug-likeness (QED) is 0.511. The standard InChI is InChI=1S/C20H20ClN5O5/c1-20(2,3)31-19(28)25-7-5-11(6-8-25)15-16-14(9-12(21)13(10-22)23-16)24(4)18(27)17(15)26(29)30/h5,9H,6-8H2,1-4H3. The Bertz CT molecular complexity index is 1240. The third kappa shape index (κ3) is 4.22. The Morgan fingerprint density at radius 2 is 2.10 bits per heavy atom. The van der Waals surface area contributed by atoms with Crippen LogP contribution in [-0.4, -0.2) is 44.2 Å². The maximum Gasteiger partial charge on any atom is 0.410 e. The van der Waals surface area contributed by atoms with Crippen molar-refractivity contribution >= 4 is 40.0 Å². The predicted octanol–water partition coefficient (Wildman–Crippen LogP) is 3.39. The van der Waals surface area contributed by atoms with E-state index in [2.05, 4.69) is 4.98 Å². The van der Waals surface area contributed by atoms with Crippen LogP contribution in [0.2, 0.25) is 5.02 Å². The second-order valence-corrected chi connectivity index (χ2v) is 8.46. The minimum absolute atomic E-state index is 0.0403. The highest BCUT2D eigenvalue weighted by molar-refractivity contribution is 6.32. The topological polar surface area (TPSA) is 131 Å². The number of carbonyl (C=O) groups is 1. The van der Waals surface area contributed by atoms with E-state index in [0.29, 0.717) is 5.57 Å². The second kappa shape index (κ2) is 8.00. The number of hydrogen-bond acceptors (Lipinski definition) is 7. The van der Waals surface area contributed by atoms with E-state index in [1.54, 1.807) is 26.8 Å². The molecule has 3 heterocycles. The smallest absolute Gasteiger partial charge is 0.410 e. The van der Waals surface area contributed by atoms with Crippen LogP contribution in [0, 0.1) is 21.4 Å². The molecule has 11 heteroatoms. The van der Waals surface area contributed by atoms with Gasteiger partial charge in [0.1, 0.15) is 17.2 Å². The van der Waals surface area contributed by atoms with Gasteiger partial charge in [-0.15, -0.1) is 0 Å². The van der Waals surface area contributed by atoms with Crippen LogP contribution >= 0.6 is 11.6 Å². The van der Waals surface area contributed by atoms with Gasteiger partial charge in [-0.1, -0.05) is 17.7 Å². The van der Waals surface area contributed by atoms with E-state index in [4.69, 9.17) is 16.3 Å². The molecule has 0 aliphatic carbocycles. The maximum atomic E-state index is 12.8. The molecule has 3 rings (SSSR count). The fourth-order valence-electron chi connectivity index (χ4n) is 3.35. The molecule has 0 atom stereocenters.